The highest BCUT2D eigenvalue weighted by Gasteiger charge is 2.23. The summed E-state index contributed by atoms with van der Waals surface area (Å²) in [6.07, 6.45) is 2.78. The average molecular weight is 536 g/mol. The Labute approximate surface area is 184 Å². The van der Waals surface area contributed by atoms with Crippen LogP contribution in [0.2, 0.25) is 0 Å². The smallest absolute Gasteiger partial charge is 0.303 e. The number of benzene rings is 2. The van der Waals surface area contributed by atoms with Gasteiger partial charge in [0.15, 0.2) is 5.82 Å². The summed E-state index contributed by atoms with van der Waals surface area (Å²) >= 11 is 13.2. The standard InChI is InChI=1S/C20H19Br2ClFNO3/c21-14-8-12(6-7-17(26)27)9-15(22)19(14)28-20(23)13-2-1-3-16(18(13)24)25-10-11-4-5-11/h1-3,8-9,11,20,25H,4-7,10H2,(H,26,27). The Hall–Kier alpha value is -1.31. The SMILES string of the molecule is O=C(O)CCc1cc(Br)c(OC(Cl)c2cccc(NCC3CC3)c2F)c(Br)c1. The number of carboxylic acid groups (broad SMARTS) is 1. The maximum Gasteiger partial charge on any atom is 0.303 e. The molecule has 3 rings (SSSR count). The first-order chi connectivity index (χ1) is 13.3. The van der Waals surface area contributed by atoms with Crippen LogP contribution in [0.25, 0.3) is 0 Å². The molecule has 0 heterocycles. The molecule has 0 spiro atoms. The number of alkyl halides is 1. The Morgan fingerprint density at radius 2 is 2.00 bits per heavy atom. The third-order valence-electron chi connectivity index (χ3n) is 4.46. The highest BCUT2D eigenvalue weighted by molar-refractivity contribution is 9.11. The van der Waals surface area contributed by atoms with E-state index in [4.69, 9.17) is 21.4 Å². The molecule has 28 heavy (non-hydrogen) atoms. The van der Waals surface area contributed by atoms with Crippen LogP contribution in [0.4, 0.5) is 10.1 Å². The van der Waals surface area contributed by atoms with Crippen molar-refractivity contribution >= 4 is 55.1 Å². The van der Waals surface area contributed by atoms with Crippen LogP contribution in [0.15, 0.2) is 39.3 Å². The molecule has 2 aromatic carbocycles. The predicted octanol–water partition coefficient (Wildman–Crippen LogP) is 6.51. The number of aliphatic carboxylic acids is 1. The number of halogens is 4. The van der Waals surface area contributed by atoms with E-state index in [0.717, 1.165) is 12.1 Å². The molecule has 4 nitrogen and oxygen atoms in total. The Morgan fingerprint density at radius 1 is 1.32 bits per heavy atom. The monoisotopic (exact) mass is 533 g/mol. The maximum absolute atomic E-state index is 14.8. The summed E-state index contributed by atoms with van der Waals surface area (Å²) in [5.74, 6) is -0.236. The second kappa shape index (κ2) is 9.46. The normalized spacial score (nSPS) is 14.6. The molecule has 0 amide bonds. The minimum absolute atomic E-state index is 0.0308. The molecule has 150 valence electrons. The van der Waals surface area contributed by atoms with Crippen LogP contribution in [0, 0.1) is 11.7 Å². The Kier molecular flexibility index (Phi) is 7.23. The van der Waals surface area contributed by atoms with Crippen molar-refractivity contribution in [3.05, 3.63) is 56.2 Å². The van der Waals surface area contributed by atoms with Crippen LogP contribution in [-0.4, -0.2) is 17.6 Å². The average Bonchev–Trinajstić information content (AvgIpc) is 3.46. The van der Waals surface area contributed by atoms with Gasteiger partial charge in [0.1, 0.15) is 5.75 Å². The molecule has 1 aliphatic rings. The van der Waals surface area contributed by atoms with Gasteiger partial charge >= 0.3 is 5.97 Å². The van der Waals surface area contributed by atoms with Crippen LogP contribution in [0.5, 0.6) is 5.75 Å². The van der Waals surface area contributed by atoms with Gasteiger partial charge in [0.2, 0.25) is 5.56 Å². The Balaban J connectivity index is 1.74. The minimum atomic E-state index is -1.03. The molecule has 0 aromatic heterocycles. The molecule has 1 saturated carbocycles. The number of hydrogen-bond donors (Lipinski definition) is 2. The molecule has 2 N–H and O–H groups in total. The van der Waals surface area contributed by atoms with Gasteiger partial charge in [0, 0.05) is 18.5 Å². The van der Waals surface area contributed by atoms with Crippen LogP contribution < -0.4 is 10.1 Å². The number of nitrogens with one attached hydrogen (secondary N) is 1. The second-order valence-corrected chi connectivity index (χ2v) is 8.85. The van der Waals surface area contributed by atoms with Gasteiger partial charge in [-0.2, -0.15) is 0 Å². The number of anilines is 1. The number of aryl methyl sites for hydroxylation is 1. The summed E-state index contributed by atoms with van der Waals surface area (Å²) in [4.78, 5) is 10.8. The number of carbonyl (C=O) groups is 1. The highest BCUT2D eigenvalue weighted by atomic mass is 79.9. The molecular weight excluding hydrogens is 516 g/mol. The fraction of sp³-hybridized carbons (Fsp3) is 0.350. The van der Waals surface area contributed by atoms with Crippen molar-refractivity contribution in [2.45, 2.75) is 31.2 Å². The first kappa shape index (κ1) is 21.4. The molecule has 2 aromatic rings. The lowest BCUT2D eigenvalue weighted by Gasteiger charge is -2.18. The summed E-state index contributed by atoms with van der Waals surface area (Å²) in [5, 5.41) is 12.0. The molecule has 1 aliphatic carbocycles. The van der Waals surface area contributed by atoms with Crippen LogP contribution in [0.1, 0.15) is 36.0 Å². The van der Waals surface area contributed by atoms with E-state index >= 15 is 0 Å². The molecule has 0 bridgehead atoms. The molecule has 0 aliphatic heterocycles. The van der Waals surface area contributed by atoms with Gasteiger partial charge in [0.25, 0.3) is 0 Å². The zero-order chi connectivity index (χ0) is 20.3. The quantitative estimate of drug-likeness (QED) is 0.360. The number of rotatable bonds is 9. The molecule has 1 atom stereocenters. The second-order valence-electron chi connectivity index (χ2n) is 6.75. The summed E-state index contributed by atoms with van der Waals surface area (Å²) in [6.45, 7) is 0.753. The number of ether oxygens (including phenoxy) is 1. The van der Waals surface area contributed by atoms with E-state index in [9.17, 15) is 9.18 Å². The van der Waals surface area contributed by atoms with E-state index in [1.54, 1.807) is 30.3 Å². The topological polar surface area (TPSA) is 58.6 Å². The Morgan fingerprint density at radius 3 is 2.61 bits per heavy atom. The zero-order valence-corrected chi connectivity index (χ0v) is 18.8. The van der Waals surface area contributed by atoms with Crippen LogP contribution in [-0.2, 0) is 11.2 Å². The van der Waals surface area contributed by atoms with Crippen molar-refractivity contribution in [2.24, 2.45) is 5.92 Å². The van der Waals surface area contributed by atoms with Crippen LogP contribution >= 0.6 is 43.5 Å². The van der Waals surface area contributed by atoms with E-state index < -0.39 is 17.3 Å². The lowest BCUT2D eigenvalue weighted by molar-refractivity contribution is -0.136. The molecule has 8 heteroatoms. The van der Waals surface area contributed by atoms with Gasteiger partial charge in [-0.05, 0) is 80.8 Å². The van der Waals surface area contributed by atoms with Crippen molar-refractivity contribution in [1.29, 1.82) is 0 Å². The fourth-order valence-electron chi connectivity index (χ4n) is 2.73. The molecule has 1 unspecified atom stereocenters. The van der Waals surface area contributed by atoms with Crippen molar-refractivity contribution < 1.29 is 19.0 Å². The van der Waals surface area contributed by atoms with Crippen molar-refractivity contribution in [3.8, 4) is 5.75 Å². The molecule has 1 fully saturated rings. The number of carboxylic acids is 1. The van der Waals surface area contributed by atoms with Crippen molar-refractivity contribution in [3.63, 3.8) is 0 Å². The molecule has 0 radical (unpaired) electrons. The first-order valence-electron chi connectivity index (χ1n) is 8.88. The van der Waals surface area contributed by atoms with Gasteiger partial charge in [-0.15, -0.1) is 0 Å². The van der Waals surface area contributed by atoms with E-state index in [2.05, 4.69) is 37.2 Å². The van der Waals surface area contributed by atoms with Gasteiger partial charge in [-0.3, -0.25) is 4.79 Å². The van der Waals surface area contributed by atoms with E-state index in [1.165, 1.54) is 12.8 Å². The fourth-order valence-corrected chi connectivity index (χ4v) is 4.45. The predicted molar refractivity (Wildman–Crippen MR) is 115 cm³/mol. The molecular formula is C20H19Br2ClFNO3. The molecule has 0 saturated heterocycles. The van der Waals surface area contributed by atoms with Gasteiger partial charge in [-0.1, -0.05) is 23.7 Å². The third-order valence-corrected chi connectivity index (χ3v) is 5.96. The highest BCUT2D eigenvalue weighted by Crippen LogP contribution is 2.40. The first-order valence-corrected chi connectivity index (χ1v) is 10.9. The minimum Gasteiger partial charge on any atom is -0.481 e. The number of hydrogen-bond acceptors (Lipinski definition) is 3. The van der Waals surface area contributed by atoms with E-state index in [1.807, 2.05) is 0 Å². The van der Waals surface area contributed by atoms with E-state index in [-0.39, 0.29) is 12.0 Å². The zero-order valence-electron chi connectivity index (χ0n) is 14.9. The largest absolute Gasteiger partial charge is 0.481 e. The Bertz CT molecular complexity index is 854. The lowest BCUT2D eigenvalue weighted by Crippen LogP contribution is -2.09. The van der Waals surface area contributed by atoms with Gasteiger partial charge in [-0.25, -0.2) is 4.39 Å². The third kappa shape index (κ3) is 5.61. The van der Waals surface area contributed by atoms with Crippen LogP contribution in [0.3, 0.4) is 0 Å². The van der Waals surface area contributed by atoms with Crippen molar-refractivity contribution in [2.75, 3.05) is 11.9 Å². The summed E-state index contributed by atoms with van der Waals surface area (Å²) in [7, 11) is 0. The summed E-state index contributed by atoms with van der Waals surface area (Å²) in [6, 6.07) is 8.57. The van der Waals surface area contributed by atoms with E-state index in [0.29, 0.717) is 32.7 Å². The summed E-state index contributed by atoms with van der Waals surface area (Å²) in [5.41, 5.74) is 0.467. The maximum atomic E-state index is 14.8. The van der Waals surface area contributed by atoms with Gasteiger partial charge in [0.05, 0.1) is 14.6 Å². The lowest BCUT2D eigenvalue weighted by atomic mass is 10.1. The van der Waals surface area contributed by atoms with Crippen molar-refractivity contribution in [1.82, 2.24) is 0 Å². The van der Waals surface area contributed by atoms with Gasteiger partial charge < -0.3 is 15.2 Å². The summed E-state index contributed by atoms with van der Waals surface area (Å²) < 4.78 is 21.9.